The van der Waals surface area contributed by atoms with Crippen LogP contribution in [0.25, 0.3) is 0 Å². The van der Waals surface area contributed by atoms with Crippen LogP contribution in [-0.4, -0.2) is 17.7 Å². The van der Waals surface area contributed by atoms with Crippen molar-refractivity contribution in [2.24, 2.45) is 0 Å². The summed E-state index contributed by atoms with van der Waals surface area (Å²) in [6, 6.07) is 14.3. The Morgan fingerprint density at radius 3 is 2.55 bits per heavy atom. The van der Waals surface area contributed by atoms with Gasteiger partial charge >= 0.3 is 5.97 Å². The van der Waals surface area contributed by atoms with Crippen molar-refractivity contribution in [3.63, 3.8) is 0 Å². The number of carboxylic acids is 1. The molecule has 0 heterocycles. The molecule has 0 amide bonds. The molecule has 1 N–H and O–H groups in total. The summed E-state index contributed by atoms with van der Waals surface area (Å²) in [7, 11) is 0. The molecule has 0 fully saturated rings. The van der Waals surface area contributed by atoms with E-state index in [0.717, 1.165) is 11.1 Å². The minimum absolute atomic E-state index is 0.0837. The zero-order chi connectivity index (χ0) is 14.5. The zero-order valence-corrected chi connectivity index (χ0v) is 11.8. The molecule has 1 unspecified atom stereocenters. The number of ether oxygens (including phenoxy) is 1. The van der Waals surface area contributed by atoms with Gasteiger partial charge in [-0.05, 0) is 36.2 Å². The van der Waals surface area contributed by atoms with Crippen LogP contribution in [0.2, 0.25) is 5.02 Å². The van der Waals surface area contributed by atoms with Crippen molar-refractivity contribution < 1.29 is 14.6 Å². The lowest BCUT2D eigenvalue weighted by Crippen LogP contribution is -2.19. The third-order valence-electron chi connectivity index (χ3n) is 3.05. The Bertz CT molecular complexity index is 596. The molecule has 2 aromatic rings. The maximum Gasteiger partial charge on any atom is 0.314 e. The average Bonchev–Trinajstić information content (AvgIpc) is 2.44. The monoisotopic (exact) mass is 290 g/mol. The topological polar surface area (TPSA) is 46.5 Å². The number of carbonyl (C=O) groups is 1. The van der Waals surface area contributed by atoms with Crippen LogP contribution in [-0.2, 0) is 4.79 Å². The molecule has 0 aliphatic carbocycles. The van der Waals surface area contributed by atoms with Crippen LogP contribution in [0, 0.1) is 6.92 Å². The molecule has 0 spiro atoms. The first-order chi connectivity index (χ1) is 9.58. The summed E-state index contributed by atoms with van der Waals surface area (Å²) in [6.45, 7) is 1.96. The molecule has 0 aliphatic heterocycles. The van der Waals surface area contributed by atoms with Crippen LogP contribution in [0.1, 0.15) is 17.0 Å². The molecule has 0 radical (unpaired) electrons. The first kappa shape index (κ1) is 14.4. The Hall–Kier alpha value is -2.00. The molecule has 2 rings (SSSR count). The molecule has 0 aromatic heterocycles. The van der Waals surface area contributed by atoms with Gasteiger partial charge in [0.2, 0.25) is 0 Å². The van der Waals surface area contributed by atoms with Gasteiger partial charge in [0.15, 0.2) is 0 Å². The molecule has 0 saturated heterocycles. The summed E-state index contributed by atoms with van der Waals surface area (Å²) in [5, 5.41) is 9.96. The van der Waals surface area contributed by atoms with Crippen LogP contribution in [0.15, 0.2) is 48.5 Å². The third kappa shape index (κ3) is 3.52. The normalized spacial score (nSPS) is 11.9. The minimum Gasteiger partial charge on any atom is -0.492 e. The molecule has 4 heteroatoms. The van der Waals surface area contributed by atoms with E-state index in [1.54, 1.807) is 30.3 Å². The van der Waals surface area contributed by atoms with Gasteiger partial charge in [0.25, 0.3) is 0 Å². The first-order valence-corrected chi connectivity index (χ1v) is 6.62. The van der Waals surface area contributed by atoms with Gasteiger partial charge in [-0.2, -0.15) is 0 Å². The Morgan fingerprint density at radius 1 is 1.25 bits per heavy atom. The van der Waals surface area contributed by atoms with Gasteiger partial charge in [-0.25, -0.2) is 0 Å². The minimum atomic E-state index is -0.901. The second-order valence-electron chi connectivity index (χ2n) is 4.52. The van der Waals surface area contributed by atoms with E-state index in [1.165, 1.54) is 0 Å². The molecular formula is C16H15ClO3. The van der Waals surface area contributed by atoms with E-state index in [9.17, 15) is 9.90 Å². The Labute approximate surface area is 122 Å². The number of rotatable bonds is 5. The highest BCUT2D eigenvalue weighted by atomic mass is 35.5. The molecule has 20 heavy (non-hydrogen) atoms. The van der Waals surface area contributed by atoms with E-state index >= 15 is 0 Å². The summed E-state index contributed by atoms with van der Waals surface area (Å²) >= 11 is 5.94. The van der Waals surface area contributed by atoms with Crippen molar-refractivity contribution in [3.05, 3.63) is 64.7 Å². The number of hydrogen-bond donors (Lipinski definition) is 1. The van der Waals surface area contributed by atoms with E-state index in [-0.39, 0.29) is 6.61 Å². The lowest BCUT2D eigenvalue weighted by atomic mass is 10.0. The fraction of sp³-hybridized carbons (Fsp3) is 0.188. The van der Waals surface area contributed by atoms with Gasteiger partial charge in [0, 0.05) is 5.02 Å². The molecule has 104 valence electrons. The highest BCUT2D eigenvalue weighted by Crippen LogP contribution is 2.23. The molecule has 2 aromatic carbocycles. The van der Waals surface area contributed by atoms with E-state index in [1.807, 2.05) is 25.1 Å². The van der Waals surface area contributed by atoms with E-state index in [0.29, 0.717) is 10.8 Å². The summed E-state index contributed by atoms with van der Waals surface area (Å²) in [4.78, 5) is 11.3. The van der Waals surface area contributed by atoms with Crippen LogP contribution in [0.3, 0.4) is 0 Å². The Morgan fingerprint density at radius 2 is 1.95 bits per heavy atom. The summed E-state index contributed by atoms with van der Waals surface area (Å²) < 4.78 is 5.58. The lowest BCUT2D eigenvalue weighted by Gasteiger charge is -2.14. The number of carboxylic acid groups (broad SMARTS) is 1. The summed E-state index contributed by atoms with van der Waals surface area (Å²) in [5.41, 5.74) is 1.63. The van der Waals surface area contributed by atoms with Gasteiger partial charge < -0.3 is 9.84 Å². The molecular weight excluding hydrogens is 276 g/mol. The average molecular weight is 291 g/mol. The molecule has 1 atom stereocenters. The van der Waals surface area contributed by atoms with Gasteiger partial charge in [-0.3, -0.25) is 4.79 Å². The van der Waals surface area contributed by atoms with Crippen molar-refractivity contribution in [2.75, 3.05) is 6.61 Å². The smallest absolute Gasteiger partial charge is 0.314 e. The fourth-order valence-corrected chi connectivity index (χ4v) is 2.00. The van der Waals surface area contributed by atoms with Crippen molar-refractivity contribution in [1.29, 1.82) is 0 Å². The first-order valence-electron chi connectivity index (χ1n) is 6.24. The zero-order valence-electron chi connectivity index (χ0n) is 11.0. The second kappa shape index (κ2) is 6.44. The van der Waals surface area contributed by atoms with E-state index in [4.69, 9.17) is 16.3 Å². The Balaban J connectivity index is 2.10. The van der Waals surface area contributed by atoms with Crippen molar-refractivity contribution in [2.45, 2.75) is 12.8 Å². The highest BCUT2D eigenvalue weighted by molar-refractivity contribution is 6.31. The van der Waals surface area contributed by atoms with Gasteiger partial charge in [0.05, 0.1) is 0 Å². The second-order valence-corrected chi connectivity index (χ2v) is 4.93. The quantitative estimate of drug-likeness (QED) is 0.908. The van der Waals surface area contributed by atoms with Crippen LogP contribution < -0.4 is 4.74 Å². The highest BCUT2D eigenvalue weighted by Gasteiger charge is 2.20. The number of aryl methyl sites for hydroxylation is 1. The predicted octanol–water partition coefficient (Wildman–Crippen LogP) is 3.90. The maximum atomic E-state index is 11.3. The van der Waals surface area contributed by atoms with Crippen molar-refractivity contribution >= 4 is 17.6 Å². The van der Waals surface area contributed by atoms with Gasteiger partial charge in [0.1, 0.15) is 18.3 Å². The largest absolute Gasteiger partial charge is 0.492 e. The van der Waals surface area contributed by atoms with Gasteiger partial charge in [-0.1, -0.05) is 41.9 Å². The molecule has 3 nitrogen and oxygen atoms in total. The van der Waals surface area contributed by atoms with Crippen LogP contribution >= 0.6 is 11.6 Å². The van der Waals surface area contributed by atoms with Crippen molar-refractivity contribution in [3.8, 4) is 5.75 Å². The van der Waals surface area contributed by atoms with E-state index < -0.39 is 11.9 Å². The molecule has 0 bridgehead atoms. The number of hydrogen-bond acceptors (Lipinski definition) is 2. The summed E-state index contributed by atoms with van der Waals surface area (Å²) in [5.74, 6) is -0.969. The number of benzene rings is 2. The van der Waals surface area contributed by atoms with Crippen LogP contribution in [0.4, 0.5) is 0 Å². The maximum absolute atomic E-state index is 11.3. The Kier molecular flexibility index (Phi) is 4.64. The van der Waals surface area contributed by atoms with Crippen LogP contribution in [0.5, 0.6) is 5.75 Å². The lowest BCUT2D eigenvalue weighted by molar-refractivity contribution is -0.139. The summed E-state index contributed by atoms with van der Waals surface area (Å²) in [6.07, 6.45) is 0. The fourth-order valence-electron chi connectivity index (χ4n) is 1.88. The van der Waals surface area contributed by atoms with Crippen molar-refractivity contribution in [1.82, 2.24) is 0 Å². The number of aliphatic carboxylic acids is 1. The molecule has 0 saturated carbocycles. The predicted molar refractivity (Wildman–Crippen MR) is 78.5 cm³/mol. The molecule has 0 aliphatic rings. The van der Waals surface area contributed by atoms with Gasteiger partial charge in [-0.15, -0.1) is 0 Å². The van der Waals surface area contributed by atoms with E-state index in [2.05, 4.69) is 0 Å². The third-order valence-corrected chi connectivity index (χ3v) is 3.47. The SMILES string of the molecule is Cc1cc(OCC(C(=O)O)c2ccccc2)ccc1Cl. The standard InChI is InChI=1S/C16H15ClO3/c1-11-9-13(7-8-15(11)17)20-10-14(16(18)19)12-5-3-2-4-6-12/h2-9,14H,10H2,1H3,(H,18,19). The number of halogens is 1.